The summed E-state index contributed by atoms with van der Waals surface area (Å²) in [6, 6.07) is 3.69. The van der Waals surface area contributed by atoms with E-state index in [1.807, 2.05) is 5.43 Å². The Morgan fingerprint density at radius 1 is 1.37 bits per heavy atom. The Bertz CT molecular complexity index is 593. The van der Waals surface area contributed by atoms with Gasteiger partial charge in [0.15, 0.2) is 5.57 Å². The summed E-state index contributed by atoms with van der Waals surface area (Å²) in [6.07, 6.45) is -4.06. The van der Waals surface area contributed by atoms with Gasteiger partial charge in [0, 0.05) is 6.20 Å². The van der Waals surface area contributed by atoms with Crippen molar-refractivity contribution < 1.29 is 13.2 Å². The minimum atomic E-state index is -4.59. The van der Waals surface area contributed by atoms with Gasteiger partial charge in [-0.15, -0.1) is 0 Å². The van der Waals surface area contributed by atoms with Crippen molar-refractivity contribution in [1.82, 2.24) is 10.4 Å². The molecule has 19 heavy (non-hydrogen) atoms. The molecule has 3 N–H and O–H groups in total. The van der Waals surface area contributed by atoms with Crippen molar-refractivity contribution in [2.45, 2.75) is 6.18 Å². The highest BCUT2D eigenvalue weighted by molar-refractivity contribution is 6.32. The van der Waals surface area contributed by atoms with Crippen molar-refractivity contribution in [3.8, 4) is 12.1 Å². The SMILES string of the molecule is N#CC(C#N)=C(NN)c1ncc(C(F)(F)F)cc1Cl. The lowest BCUT2D eigenvalue weighted by atomic mass is 10.1. The minimum Gasteiger partial charge on any atom is -0.320 e. The fourth-order valence-corrected chi connectivity index (χ4v) is 1.43. The van der Waals surface area contributed by atoms with Crippen LogP contribution in [0.25, 0.3) is 5.70 Å². The molecular formula is C10H5ClF3N5. The number of alkyl halides is 3. The molecular weight excluding hydrogens is 283 g/mol. The zero-order chi connectivity index (χ0) is 14.6. The van der Waals surface area contributed by atoms with E-state index in [9.17, 15) is 13.2 Å². The third kappa shape index (κ3) is 3.13. The topological polar surface area (TPSA) is 98.5 Å². The highest BCUT2D eigenvalue weighted by Gasteiger charge is 2.32. The van der Waals surface area contributed by atoms with Crippen LogP contribution < -0.4 is 11.3 Å². The van der Waals surface area contributed by atoms with Crippen LogP contribution in [0.2, 0.25) is 5.02 Å². The number of pyridine rings is 1. The summed E-state index contributed by atoms with van der Waals surface area (Å²) in [5.74, 6) is 5.12. The lowest BCUT2D eigenvalue weighted by Crippen LogP contribution is -2.22. The first-order valence-corrected chi connectivity index (χ1v) is 4.97. The van der Waals surface area contributed by atoms with Gasteiger partial charge in [-0.3, -0.25) is 10.8 Å². The number of rotatable bonds is 2. The number of hydrogen-bond donors (Lipinski definition) is 2. The van der Waals surface area contributed by atoms with Crippen molar-refractivity contribution in [1.29, 1.82) is 10.5 Å². The molecule has 9 heteroatoms. The highest BCUT2D eigenvalue weighted by atomic mass is 35.5. The Labute approximate surface area is 110 Å². The monoisotopic (exact) mass is 287 g/mol. The first-order chi connectivity index (χ1) is 8.85. The van der Waals surface area contributed by atoms with Crippen molar-refractivity contribution in [2.24, 2.45) is 5.84 Å². The number of nitrogens with two attached hydrogens (primary N) is 1. The van der Waals surface area contributed by atoms with Crippen LogP contribution >= 0.6 is 11.6 Å². The Balaban J connectivity index is 3.44. The molecule has 0 aliphatic heterocycles. The predicted molar refractivity (Wildman–Crippen MR) is 59.7 cm³/mol. The molecule has 5 nitrogen and oxygen atoms in total. The maximum Gasteiger partial charge on any atom is 0.417 e. The summed E-state index contributed by atoms with van der Waals surface area (Å²) in [5.41, 5.74) is 0.0709. The molecule has 0 aliphatic carbocycles. The molecule has 0 saturated heterocycles. The van der Waals surface area contributed by atoms with Crippen LogP contribution in [0.5, 0.6) is 0 Å². The number of aromatic nitrogens is 1. The van der Waals surface area contributed by atoms with Crippen LogP contribution in [0.4, 0.5) is 13.2 Å². The molecule has 0 bridgehead atoms. The van der Waals surface area contributed by atoms with Crippen LogP contribution in [0.3, 0.4) is 0 Å². The lowest BCUT2D eigenvalue weighted by Gasteiger charge is -2.11. The lowest BCUT2D eigenvalue weighted by molar-refractivity contribution is -0.137. The number of halogens is 4. The van der Waals surface area contributed by atoms with E-state index < -0.39 is 17.3 Å². The van der Waals surface area contributed by atoms with E-state index in [1.165, 1.54) is 12.1 Å². The number of nitrogens with zero attached hydrogens (tertiary/aromatic N) is 3. The van der Waals surface area contributed by atoms with E-state index in [-0.39, 0.29) is 16.4 Å². The fourth-order valence-electron chi connectivity index (χ4n) is 1.17. The molecule has 0 spiro atoms. The van der Waals surface area contributed by atoms with Gasteiger partial charge in [0.2, 0.25) is 0 Å². The molecule has 0 saturated carbocycles. The smallest absolute Gasteiger partial charge is 0.320 e. The van der Waals surface area contributed by atoms with Gasteiger partial charge < -0.3 is 5.43 Å². The molecule has 1 rings (SSSR count). The summed E-state index contributed by atoms with van der Waals surface area (Å²) in [6.45, 7) is 0. The second-order valence-electron chi connectivity index (χ2n) is 3.17. The van der Waals surface area contributed by atoms with Gasteiger partial charge in [0.05, 0.1) is 10.6 Å². The number of nitrogens with one attached hydrogen (secondary N) is 1. The van der Waals surface area contributed by atoms with Crippen molar-refractivity contribution in [3.63, 3.8) is 0 Å². The van der Waals surface area contributed by atoms with Crippen molar-refractivity contribution >= 4 is 17.3 Å². The maximum atomic E-state index is 12.4. The zero-order valence-corrected chi connectivity index (χ0v) is 9.84. The second-order valence-corrected chi connectivity index (χ2v) is 3.58. The van der Waals surface area contributed by atoms with Gasteiger partial charge >= 0.3 is 6.18 Å². The molecule has 1 heterocycles. The highest BCUT2D eigenvalue weighted by Crippen LogP contribution is 2.32. The standard InChI is InChI=1S/C10H5ClF3N5/c11-7-1-6(10(12,13)14)4-18-9(7)8(19-17)5(2-15)3-16/h1,4,19H,17H2. The molecule has 0 unspecified atom stereocenters. The molecule has 0 radical (unpaired) electrons. The molecule has 0 atom stereocenters. The van der Waals surface area contributed by atoms with Gasteiger partial charge in [-0.05, 0) is 6.07 Å². The van der Waals surface area contributed by atoms with E-state index >= 15 is 0 Å². The third-order valence-electron chi connectivity index (χ3n) is 2.02. The number of nitriles is 2. The maximum absolute atomic E-state index is 12.4. The van der Waals surface area contributed by atoms with Crippen molar-refractivity contribution in [2.75, 3.05) is 0 Å². The van der Waals surface area contributed by atoms with Gasteiger partial charge in [-0.2, -0.15) is 23.7 Å². The molecule has 0 amide bonds. The summed E-state index contributed by atoms with van der Waals surface area (Å²) in [4.78, 5) is 3.48. The van der Waals surface area contributed by atoms with Gasteiger partial charge in [0.25, 0.3) is 0 Å². The van der Waals surface area contributed by atoms with Gasteiger partial charge in [0.1, 0.15) is 23.5 Å². The number of allylic oxidation sites excluding steroid dienone is 1. The van der Waals surface area contributed by atoms with Gasteiger partial charge in [-0.25, -0.2) is 0 Å². The molecule has 1 aromatic heterocycles. The van der Waals surface area contributed by atoms with E-state index in [4.69, 9.17) is 28.0 Å². The quantitative estimate of drug-likeness (QED) is 0.492. The first-order valence-electron chi connectivity index (χ1n) is 4.59. The van der Waals surface area contributed by atoms with E-state index in [0.29, 0.717) is 12.3 Å². The van der Waals surface area contributed by atoms with Crippen LogP contribution in [0.1, 0.15) is 11.3 Å². The van der Waals surface area contributed by atoms with Crippen LogP contribution in [-0.2, 0) is 6.18 Å². The Hall–Kier alpha value is -2.29. The summed E-state index contributed by atoms with van der Waals surface area (Å²) in [7, 11) is 0. The number of hydrogen-bond acceptors (Lipinski definition) is 5. The Morgan fingerprint density at radius 2 is 1.95 bits per heavy atom. The first kappa shape index (κ1) is 14.8. The molecule has 0 aromatic carbocycles. The molecule has 0 aliphatic rings. The predicted octanol–water partition coefficient (Wildman–Crippen LogP) is 1.98. The van der Waals surface area contributed by atoms with Crippen LogP contribution in [-0.4, -0.2) is 4.98 Å². The number of hydrazine groups is 1. The largest absolute Gasteiger partial charge is 0.417 e. The summed E-state index contributed by atoms with van der Waals surface area (Å²) < 4.78 is 37.3. The average Bonchev–Trinajstić information content (AvgIpc) is 2.35. The fraction of sp³-hybridized carbons (Fsp3) is 0.100. The average molecular weight is 288 g/mol. The normalized spacial score (nSPS) is 10.3. The van der Waals surface area contributed by atoms with Gasteiger partial charge in [-0.1, -0.05) is 11.6 Å². The zero-order valence-electron chi connectivity index (χ0n) is 9.09. The van der Waals surface area contributed by atoms with Crippen LogP contribution in [0.15, 0.2) is 17.8 Å². The van der Waals surface area contributed by atoms with E-state index in [0.717, 1.165) is 0 Å². The van der Waals surface area contributed by atoms with E-state index in [2.05, 4.69) is 4.98 Å². The Kier molecular flexibility index (Phi) is 4.33. The molecule has 1 aromatic rings. The minimum absolute atomic E-state index is 0.213. The van der Waals surface area contributed by atoms with Crippen LogP contribution in [0, 0.1) is 22.7 Å². The van der Waals surface area contributed by atoms with Crippen molar-refractivity contribution in [3.05, 3.63) is 34.1 Å². The molecule has 0 fully saturated rings. The second kappa shape index (κ2) is 5.57. The van der Waals surface area contributed by atoms with E-state index in [1.54, 1.807) is 0 Å². The molecule has 98 valence electrons. The summed E-state index contributed by atoms with van der Waals surface area (Å²) >= 11 is 5.66. The Morgan fingerprint density at radius 3 is 2.32 bits per heavy atom. The third-order valence-corrected chi connectivity index (χ3v) is 2.31. The summed E-state index contributed by atoms with van der Waals surface area (Å²) in [5, 5.41) is 17.0.